The Morgan fingerprint density at radius 1 is 1.39 bits per heavy atom. The summed E-state index contributed by atoms with van der Waals surface area (Å²) >= 11 is 3.59. The van der Waals surface area contributed by atoms with E-state index >= 15 is 0 Å². The van der Waals surface area contributed by atoms with Gasteiger partial charge in [0.2, 0.25) is 0 Å². The smallest absolute Gasteiger partial charge is 0.0638 e. The number of halogens is 1. The Hall–Kier alpha value is -0.420. The molecule has 1 aromatic rings. The fraction of sp³-hybridized carbons (Fsp3) is 0.571. The van der Waals surface area contributed by atoms with Crippen LogP contribution < -0.4 is 5.32 Å². The van der Waals surface area contributed by atoms with E-state index in [-0.39, 0.29) is 6.10 Å². The number of hydrogen-bond acceptors (Lipinski definition) is 3. The van der Waals surface area contributed by atoms with Gasteiger partial charge < -0.3 is 15.3 Å². The zero-order valence-corrected chi connectivity index (χ0v) is 12.9. The maximum Gasteiger partial charge on any atom is 0.0638 e. The third kappa shape index (κ3) is 5.06. The summed E-state index contributed by atoms with van der Waals surface area (Å²) in [5, 5.41) is 12.7. The number of nitrogens with one attached hydrogen (secondary N) is 1. The number of aliphatic hydroxyl groups excluding tert-OH is 1. The molecule has 18 heavy (non-hydrogen) atoms. The lowest BCUT2D eigenvalue weighted by Crippen LogP contribution is -2.30. The van der Waals surface area contributed by atoms with E-state index in [1.165, 1.54) is 5.56 Å². The van der Waals surface area contributed by atoms with Crippen molar-refractivity contribution in [2.75, 3.05) is 27.2 Å². The van der Waals surface area contributed by atoms with Gasteiger partial charge >= 0.3 is 0 Å². The lowest BCUT2D eigenvalue weighted by Gasteiger charge is -2.23. The van der Waals surface area contributed by atoms with Crippen LogP contribution in [0.1, 0.15) is 24.9 Å². The molecule has 0 spiro atoms. The molecule has 0 amide bonds. The summed E-state index contributed by atoms with van der Waals surface area (Å²) < 4.78 is 1.14. The van der Waals surface area contributed by atoms with Crippen molar-refractivity contribution in [1.82, 2.24) is 10.2 Å². The van der Waals surface area contributed by atoms with Gasteiger partial charge in [-0.2, -0.15) is 0 Å². The predicted octanol–water partition coefficient (Wildman–Crippen LogP) is 2.41. The van der Waals surface area contributed by atoms with Crippen molar-refractivity contribution in [3.63, 3.8) is 0 Å². The van der Waals surface area contributed by atoms with Crippen molar-refractivity contribution in [2.24, 2.45) is 0 Å². The number of aliphatic hydroxyl groups is 1. The molecule has 0 heterocycles. The maximum absolute atomic E-state index is 9.34. The molecule has 0 aliphatic heterocycles. The molecular weight excluding hydrogens is 292 g/mol. The van der Waals surface area contributed by atoms with Crippen LogP contribution in [0.3, 0.4) is 0 Å². The van der Waals surface area contributed by atoms with Crippen LogP contribution in [0.5, 0.6) is 0 Å². The van der Waals surface area contributed by atoms with Crippen molar-refractivity contribution < 1.29 is 5.11 Å². The van der Waals surface area contributed by atoms with Gasteiger partial charge in [0.05, 0.1) is 6.10 Å². The highest BCUT2D eigenvalue weighted by Gasteiger charge is 2.13. The number of rotatable bonds is 7. The standard InChI is InChI=1S/C14H23BrN2O/c1-11(18)10-17(3)9-8-14(16-2)12-6-4-5-7-13(12)15/h4-7,11,14,16,18H,8-10H2,1-3H3. The largest absolute Gasteiger partial charge is 0.392 e. The predicted molar refractivity (Wildman–Crippen MR) is 79.7 cm³/mol. The maximum atomic E-state index is 9.34. The minimum atomic E-state index is -0.272. The summed E-state index contributed by atoms with van der Waals surface area (Å²) in [7, 11) is 4.03. The van der Waals surface area contributed by atoms with E-state index < -0.39 is 0 Å². The van der Waals surface area contributed by atoms with Gasteiger partial charge in [0, 0.05) is 17.1 Å². The Kier molecular flexibility index (Phi) is 6.86. The molecule has 0 radical (unpaired) electrons. The minimum absolute atomic E-state index is 0.272. The number of nitrogens with zero attached hydrogens (tertiary/aromatic N) is 1. The van der Waals surface area contributed by atoms with Gasteiger partial charge in [-0.25, -0.2) is 0 Å². The van der Waals surface area contributed by atoms with E-state index in [4.69, 9.17) is 0 Å². The first kappa shape index (κ1) is 15.6. The number of likely N-dealkylation sites (N-methyl/N-ethyl adjacent to an activating group) is 1. The zero-order chi connectivity index (χ0) is 13.5. The number of hydrogen-bond donors (Lipinski definition) is 2. The highest BCUT2D eigenvalue weighted by Crippen LogP contribution is 2.25. The van der Waals surface area contributed by atoms with Gasteiger partial charge in [0.1, 0.15) is 0 Å². The Labute approximate surface area is 118 Å². The van der Waals surface area contributed by atoms with E-state index in [9.17, 15) is 5.11 Å². The van der Waals surface area contributed by atoms with Crippen LogP contribution in [0.2, 0.25) is 0 Å². The fourth-order valence-corrected chi connectivity index (χ4v) is 2.67. The topological polar surface area (TPSA) is 35.5 Å². The normalized spacial score (nSPS) is 14.8. The summed E-state index contributed by atoms with van der Waals surface area (Å²) in [6.07, 6.45) is 0.744. The molecule has 2 atom stereocenters. The molecule has 2 unspecified atom stereocenters. The van der Waals surface area contributed by atoms with Gasteiger partial charge in [-0.05, 0) is 45.6 Å². The van der Waals surface area contributed by atoms with Gasteiger partial charge in [0.15, 0.2) is 0 Å². The SMILES string of the molecule is CNC(CCN(C)CC(C)O)c1ccccc1Br. The van der Waals surface area contributed by atoms with E-state index in [1.54, 1.807) is 0 Å². The molecule has 1 rings (SSSR count). The highest BCUT2D eigenvalue weighted by molar-refractivity contribution is 9.10. The van der Waals surface area contributed by atoms with Crippen LogP contribution in [-0.2, 0) is 0 Å². The van der Waals surface area contributed by atoms with E-state index in [0.717, 1.165) is 17.4 Å². The fourth-order valence-electron chi connectivity index (χ4n) is 2.10. The molecule has 102 valence electrons. The molecule has 0 saturated heterocycles. The molecule has 2 N–H and O–H groups in total. The Morgan fingerprint density at radius 3 is 2.61 bits per heavy atom. The van der Waals surface area contributed by atoms with Crippen molar-refractivity contribution in [1.29, 1.82) is 0 Å². The van der Waals surface area contributed by atoms with Crippen LogP contribution in [0.4, 0.5) is 0 Å². The monoisotopic (exact) mass is 314 g/mol. The van der Waals surface area contributed by atoms with E-state index in [1.807, 2.05) is 27.1 Å². The molecule has 0 aliphatic carbocycles. The van der Waals surface area contributed by atoms with Gasteiger partial charge in [-0.1, -0.05) is 34.1 Å². The van der Waals surface area contributed by atoms with Gasteiger partial charge in [-0.15, -0.1) is 0 Å². The molecule has 1 aromatic carbocycles. The second-order valence-electron chi connectivity index (χ2n) is 4.76. The van der Waals surface area contributed by atoms with Crippen LogP contribution >= 0.6 is 15.9 Å². The van der Waals surface area contributed by atoms with Gasteiger partial charge in [0.25, 0.3) is 0 Å². The zero-order valence-electron chi connectivity index (χ0n) is 11.4. The van der Waals surface area contributed by atoms with E-state index in [2.05, 4.69) is 44.3 Å². The van der Waals surface area contributed by atoms with Crippen LogP contribution in [0.25, 0.3) is 0 Å². The molecule has 0 saturated carbocycles. The van der Waals surface area contributed by atoms with Crippen LogP contribution in [0.15, 0.2) is 28.7 Å². The average molecular weight is 315 g/mol. The summed E-state index contributed by atoms with van der Waals surface area (Å²) in [4.78, 5) is 2.16. The first-order valence-corrected chi connectivity index (χ1v) is 7.12. The Bertz CT molecular complexity index is 357. The third-order valence-corrected chi connectivity index (χ3v) is 3.73. The highest BCUT2D eigenvalue weighted by atomic mass is 79.9. The Morgan fingerprint density at radius 2 is 2.06 bits per heavy atom. The lowest BCUT2D eigenvalue weighted by atomic mass is 10.0. The van der Waals surface area contributed by atoms with Gasteiger partial charge in [-0.3, -0.25) is 0 Å². The Balaban J connectivity index is 2.55. The number of benzene rings is 1. The third-order valence-electron chi connectivity index (χ3n) is 3.00. The van der Waals surface area contributed by atoms with Crippen LogP contribution in [-0.4, -0.2) is 43.3 Å². The molecule has 3 nitrogen and oxygen atoms in total. The van der Waals surface area contributed by atoms with Crippen molar-refractivity contribution >= 4 is 15.9 Å². The summed E-state index contributed by atoms with van der Waals surface area (Å²) in [6.45, 7) is 3.49. The van der Waals surface area contributed by atoms with E-state index in [0.29, 0.717) is 12.6 Å². The first-order chi connectivity index (χ1) is 8.54. The second kappa shape index (κ2) is 7.89. The van der Waals surface area contributed by atoms with Crippen molar-refractivity contribution in [3.05, 3.63) is 34.3 Å². The summed E-state index contributed by atoms with van der Waals surface area (Å²) in [5.41, 5.74) is 1.28. The van der Waals surface area contributed by atoms with Crippen molar-refractivity contribution in [2.45, 2.75) is 25.5 Å². The van der Waals surface area contributed by atoms with Crippen molar-refractivity contribution in [3.8, 4) is 0 Å². The van der Waals surface area contributed by atoms with Crippen LogP contribution in [0, 0.1) is 0 Å². The lowest BCUT2D eigenvalue weighted by molar-refractivity contribution is 0.139. The molecule has 0 aliphatic rings. The quantitative estimate of drug-likeness (QED) is 0.811. The molecule has 0 fully saturated rings. The summed E-state index contributed by atoms with van der Waals surface area (Å²) in [6, 6.07) is 8.63. The molecule has 0 bridgehead atoms. The first-order valence-electron chi connectivity index (χ1n) is 6.33. The minimum Gasteiger partial charge on any atom is -0.392 e. The average Bonchev–Trinajstić information content (AvgIpc) is 2.31. The molecule has 0 aromatic heterocycles. The molecular formula is C14H23BrN2O. The summed E-state index contributed by atoms with van der Waals surface area (Å²) in [5.74, 6) is 0. The second-order valence-corrected chi connectivity index (χ2v) is 5.62. The molecule has 4 heteroatoms.